The predicted octanol–water partition coefficient (Wildman–Crippen LogP) is 4.43. The number of carbonyl (C=O) groups excluding carboxylic acids is 1. The molecule has 4 aromatic rings. The number of rotatable bonds is 9. The Bertz CT molecular complexity index is 1370. The Kier molecular flexibility index (Phi) is 7.07. The maximum Gasteiger partial charge on any atom is 0.247 e. The number of carbonyl (C=O) groups is 1. The highest BCUT2D eigenvalue weighted by Crippen LogP contribution is 2.30. The van der Waals surface area contributed by atoms with E-state index in [0.717, 1.165) is 30.0 Å². The largest absolute Gasteiger partial charge is 0.372 e. The summed E-state index contributed by atoms with van der Waals surface area (Å²) in [5.41, 5.74) is 4.44. The van der Waals surface area contributed by atoms with Gasteiger partial charge in [-0.1, -0.05) is 12.6 Å². The lowest BCUT2D eigenvalue weighted by Crippen LogP contribution is -2.29. The van der Waals surface area contributed by atoms with Gasteiger partial charge in [0.15, 0.2) is 0 Å². The molecule has 9 heteroatoms. The van der Waals surface area contributed by atoms with Gasteiger partial charge in [-0.2, -0.15) is 0 Å². The molecule has 0 aliphatic rings. The maximum atomic E-state index is 13.8. The Balaban J connectivity index is 1.64. The van der Waals surface area contributed by atoms with E-state index in [2.05, 4.69) is 37.0 Å². The molecule has 0 saturated carbocycles. The second-order valence-electron chi connectivity index (χ2n) is 8.43. The van der Waals surface area contributed by atoms with Crippen molar-refractivity contribution in [2.75, 3.05) is 49.8 Å². The standard InChI is InChI=1S/C26H28FN7O/c1-5-26(35)31-21-14-19(9-10-23(21)33(4)12-11-32(2)3)30-25-15-24-22(16-28-25)29-17-34(24)20-8-6-7-18(27)13-20/h5-10,13-17H,1,11-12H2,2-4H3,(H,28,30)(H,31,35). The highest BCUT2D eigenvalue weighted by Gasteiger charge is 2.12. The van der Waals surface area contributed by atoms with Crippen molar-refractivity contribution in [1.29, 1.82) is 0 Å². The number of aromatic nitrogens is 3. The Morgan fingerprint density at radius 3 is 2.69 bits per heavy atom. The summed E-state index contributed by atoms with van der Waals surface area (Å²) < 4.78 is 15.6. The third-order valence-electron chi connectivity index (χ3n) is 5.53. The number of nitrogens with one attached hydrogen (secondary N) is 2. The Morgan fingerprint density at radius 2 is 1.94 bits per heavy atom. The van der Waals surface area contributed by atoms with Gasteiger partial charge in [-0.25, -0.2) is 14.4 Å². The first-order valence-corrected chi connectivity index (χ1v) is 11.1. The number of amides is 1. The molecule has 0 radical (unpaired) electrons. The van der Waals surface area contributed by atoms with Gasteiger partial charge in [0.25, 0.3) is 0 Å². The van der Waals surface area contributed by atoms with Crippen molar-refractivity contribution in [2.45, 2.75) is 0 Å². The van der Waals surface area contributed by atoms with Crippen molar-refractivity contribution in [1.82, 2.24) is 19.4 Å². The molecule has 0 aliphatic carbocycles. The first-order valence-electron chi connectivity index (χ1n) is 11.1. The van der Waals surface area contributed by atoms with Gasteiger partial charge in [-0.3, -0.25) is 9.36 Å². The molecule has 0 bridgehead atoms. The second kappa shape index (κ2) is 10.4. The normalized spacial score (nSPS) is 11.0. The number of halogens is 1. The number of benzene rings is 2. The summed E-state index contributed by atoms with van der Waals surface area (Å²) in [7, 11) is 6.02. The second-order valence-corrected chi connectivity index (χ2v) is 8.43. The number of anilines is 4. The van der Waals surface area contributed by atoms with Crippen molar-refractivity contribution < 1.29 is 9.18 Å². The predicted molar refractivity (Wildman–Crippen MR) is 139 cm³/mol. The SMILES string of the molecule is C=CC(=O)Nc1cc(Nc2cc3c(cn2)ncn3-c2cccc(F)c2)ccc1N(C)CCN(C)C. The van der Waals surface area contributed by atoms with Gasteiger partial charge >= 0.3 is 0 Å². The zero-order valence-corrected chi connectivity index (χ0v) is 20.0. The monoisotopic (exact) mass is 473 g/mol. The molecule has 180 valence electrons. The molecule has 0 spiro atoms. The summed E-state index contributed by atoms with van der Waals surface area (Å²) in [6.45, 7) is 5.21. The van der Waals surface area contributed by atoms with Crippen LogP contribution in [0.15, 0.2) is 73.7 Å². The fraction of sp³-hybridized carbons (Fsp3) is 0.192. The molecule has 2 N–H and O–H groups in total. The first-order chi connectivity index (χ1) is 16.8. The fourth-order valence-electron chi connectivity index (χ4n) is 3.66. The van der Waals surface area contributed by atoms with Crippen molar-refractivity contribution in [3.63, 3.8) is 0 Å². The summed E-state index contributed by atoms with van der Waals surface area (Å²) in [5.74, 6) is -0.0187. The van der Waals surface area contributed by atoms with Crippen LogP contribution >= 0.6 is 0 Å². The third-order valence-corrected chi connectivity index (χ3v) is 5.53. The minimum atomic E-state index is -0.318. The van der Waals surface area contributed by atoms with E-state index in [9.17, 15) is 9.18 Å². The minimum absolute atomic E-state index is 0.289. The van der Waals surface area contributed by atoms with E-state index in [4.69, 9.17) is 0 Å². The molecule has 0 atom stereocenters. The van der Waals surface area contributed by atoms with Gasteiger partial charge in [0.2, 0.25) is 5.91 Å². The molecule has 4 rings (SSSR count). The average Bonchev–Trinajstić information content (AvgIpc) is 3.26. The molecule has 0 aliphatic heterocycles. The van der Waals surface area contributed by atoms with Crippen LogP contribution in [0.2, 0.25) is 0 Å². The first kappa shape index (κ1) is 23.9. The van der Waals surface area contributed by atoms with Crippen LogP contribution < -0.4 is 15.5 Å². The van der Waals surface area contributed by atoms with Crippen LogP contribution in [0.1, 0.15) is 0 Å². The highest BCUT2D eigenvalue weighted by atomic mass is 19.1. The highest BCUT2D eigenvalue weighted by molar-refractivity contribution is 6.01. The van der Waals surface area contributed by atoms with Crippen LogP contribution in [-0.2, 0) is 4.79 Å². The van der Waals surface area contributed by atoms with Gasteiger partial charge < -0.3 is 20.4 Å². The lowest BCUT2D eigenvalue weighted by atomic mass is 10.2. The topological polar surface area (TPSA) is 78.3 Å². The van der Waals surface area contributed by atoms with Crippen molar-refractivity contribution in [3.05, 3.63) is 79.5 Å². The molecule has 0 saturated heterocycles. The number of hydrogen-bond acceptors (Lipinski definition) is 6. The average molecular weight is 474 g/mol. The summed E-state index contributed by atoms with van der Waals surface area (Å²) in [6.07, 6.45) is 4.55. The third kappa shape index (κ3) is 5.64. The van der Waals surface area contributed by atoms with Gasteiger partial charge in [0, 0.05) is 31.9 Å². The van der Waals surface area contributed by atoms with Crippen molar-refractivity contribution in [2.24, 2.45) is 0 Å². The van der Waals surface area contributed by atoms with E-state index >= 15 is 0 Å². The Hall–Kier alpha value is -4.24. The number of pyridine rings is 1. The molecule has 2 aromatic heterocycles. The number of likely N-dealkylation sites (N-methyl/N-ethyl adjacent to an activating group) is 2. The van der Waals surface area contributed by atoms with Gasteiger partial charge in [-0.15, -0.1) is 0 Å². The number of nitrogens with zero attached hydrogens (tertiary/aromatic N) is 5. The van der Waals surface area contributed by atoms with Crippen LogP contribution in [0.25, 0.3) is 16.7 Å². The summed E-state index contributed by atoms with van der Waals surface area (Å²) in [5, 5.41) is 6.19. The lowest BCUT2D eigenvalue weighted by Gasteiger charge is -2.24. The van der Waals surface area contributed by atoms with E-state index in [0.29, 0.717) is 22.7 Å². The molecule has 0 fully saturated rings. The van der Waals surface area contributed by atoms with E-state index in [-0.39, 0.29) is 11.7 Å². The fourth-order valence-corrected chi connectivity index (χ4v) is 3.66. The minimum Gasteiger partial charge on any atom is -0.372 e. The molecule has 2 heterocycles. The van der Waals surface area contributed by atoms with Gasteiger partial charge in [0.1, 0.15) is 23.5 Å². The molecule has 35 heavy (non-hydrogen) atoms. The zero-order chi connectivity index (χ0) is 24.9. The van der Waals surface area contributed by atoms with Crippen molar-refractivity contribution >= 4 is 39.8 Å². The molecule has 0 unspecified atom stereocenters. The molecule has 8 nitrogen and oxygen atoms in total. The van der Waals surface area contributed by atoms with Crippen LogP contribution in [-0.4, -0.2) is 59.6 Å². The van der Waals surface area contributed by atoms with Crippen molar-refractivity contribution in [3.8, 4) is 5.69 Å². The maximum absolute atomic E-state index is 13.8. The summed E-state index contributed by atoms with van der Waals surface area (Å²) in [6, 6.07) is 13.9. The van der Waals surface area contributed by atoms with E-state index in [1.807, 2.05) is 56.0 Å². The molecular formula is C26H28FN7O. The molecule has 2 aromatic carbocycles. The number of imidazole rings is 1. The Labute approximate surface area is 203 Å². The number of hydrogen-bond donors (Lipinski definition) is 2. The quantitative estimate of drug-likeness (QED) is 0.350. The number of fused-ring (bicyclic) bond motifs is 1. The lowest BCUT2D eigenvalue weighted by molar-refractivity contribution is -0.111. The van der Waals surface area contributed by atoms with Gasteiger partial charge in [0.05, 0.1) is 28.8 Å². The van der Waals surface area contributed by atoms with E-state index in [1.165, 1.54) is 18.2 Å². The van der Waals surface area contributed by atoms with Crippen LogP contribution in [0.5, 0.6) is 0 Å². The van der Waals surface area contributed by atoms with E-state index in [1.54, 1.807) is 18.6 Å². The van der Waals surface area contributed by atoms with E-state index < -0.39 is 0 Å². The molecule has 1 amide bonds. The summed E-state index contributed by atoms with van der Waals surface area (Å²) in [4.78, 5) is 25.1. The van der Waals surface area contributed by atoms with Crippen LogP contribution in [0.4, 0.5) is 27.3 Å². The van der Waals surface area contributed by atoms with Crippen LogP contribution in [0.3, 0.4) is 0 Å². The summed E-state index contributed by atoms with van der Waals surface area (Å²) >= 11 is 0. The van der Waals surface area contributed by atoms with Crippen LogP contribution in [0, 0.1) is 5.82 Å². The smallest absolute Gasteiger partial charge is 0.247 e. The van der Waals surface area contributed by atoms with Gasteiger partial charge in [-0.05, 0) is 56.6 Å². The zero-order valence-electron chi connectivity index (χ0n) is 20.0. The Morgan fingerprint density at radius 1 is 1.11 bits per heavy atom. The molecular weight excluding hydrogens is 445 g/mol.